The molecule has 0 fully saturated rings. The molecule has 1 N–H and O–H groups in total. The minimum atomic E-state index is -0.763. The Hall–Kier alpha value is -1.20. The van der Waals surface area contributed by atoms with Crippen molar-refractivity contribution in [3.8, 4) is 11.8 Å². The molecular weight excluding hydrogens is 315 g/mol. The van der Waals surface area contributed by atoms with E-state index in [0.717, 1.165) is 4.47 Å². The summed E-state index contributed by atoms with van der Waals surface area (Å²) in [5.41, 5.74) is -0.114. The third kappa shape index (κ3) is 6.82. The average Bonchev–Trinajstić information content (AvgIpc) is 2.41. The van der Waals surface area contributed by atoms with Gasteiger partial charge in [-0.2, -0.15) is 0 Å². The van der Waals surface area contributed by atoms with Crippen molar-refractivity contribution < 1.29 is 9.84 Å². The molecule has 3 heteroatoms. The van der Waals surface area contributed by atoms with Gasteiger partial charge in [-0.05, 0) is 0 Å². The maximum atomic E-state index is 10.3. The van der Waals surface area contributed by atoms with Crippen molar-refractivity contribution in [1.82, 2.24) is 0 Å². The summed E-state index contributed by atoms with van der Waals surface area (Å²) in [6.07, 6.45) is 0.899. The van der Waals surface area contributed by atoms with Crippen LogP contribution in [-0.4, -0.2) is 32.8 Å². The number of aliphatic hydroxyl groups is 1. The molecule has 1 aromatic rings. The third-order valence-electron chi connectivity index (χ3n) is 2.20. The molecule has 20 heavy (non-hydrogen) atoms. The van der Waals surface area contributed by atoms with Gasteiger partial charge in [-0.15, -0.1) is 0 Å². The molecule has 0 aliphatic carbocycles. The summed E-state index contributed by atoms with van der Waals surface area (Å²) in [5.74, 6) is 6.00. The fourth-order valence-electron chi connectivity index (χ4n) is 1.29. The third-order valence-corrected chi connectivity index (χ3v) is 4.43. The van der Waals surface area contributed by atoms with Gasteiger partial charge in [0.05, 0.1) is 0 Å². The number of aliphatic hydroxyl groups excluding tert-OH is 1. The number of hydrogen-bond acceptors (Lipinski definition) is 2. The van der Waals surface area contributed by atoms with Crippen LogP contribution in [0.2, 0.25) is 0 Å². The summed E-state index contributed by atoms with van der Waals surface area (Å²) in [5, 5.41) is 10.3. The van der Waals surface area contributed by atoms with E-state index in [2.05, 4.69) is 24.0 Å². The molecule has 0 spiro atoms. The summed E-state index contributed by atoms with van der Waals surface area (Å²) in [7, 11) is 0. The van der Waals surface area contributed by atoms with Gasteiger partial charge in [0.2, 0.25) is 0 Å². The molecule has 0 amide bonds. The number of hydrogen-bond donors (Lipinski definition) is 1. The summed E-state index contributed by atoms with van der Waals surface area (Å²) in [6, 6.07) is 10.1. The molecule has 1 rings (SSSR count). The van der Waals surface area contributed by atoms with E-state index >= 15 is 0 Å². The second-order valence-electron chi connectivity index (χ2n) is 5.31. The van der Waals surface area contributed by atoms with E-state index in [-0.39, 0.29) is 20.4 Å². The van der Waals surface area contributed by atoms with Gasteiger partial charge in [-0.25, -0.2) is 0 Å². The quantitative estimate of drug-likeness (QED) is 0.508. The van der Waals surface area contributed by atoms with E-state index in [9.17, 15) is 5.11 Å². The monoisotopic (exact) mass is 338 g/mol. The summed E-state index contributed by atoms with van der Waals surface area (Å²) in [6.45, 7) is 8.60. The van der Waals surface area contributed by atoms with E-state index in [4.69, 9.17) is 4.74 Å². The molecule has 0 saturated heterocycles. The Morgan fingerprint density at radius 1 is 1.35 bits per heavy atom. The first-order valence-electron chi connectivity index (χ1n) is 6.67. The van der Waals surface area contributed by atoms with Crippen LogP contribution in [0, 0.1) is 17.3 Å². The first-order valence-corrected chi connectivity index (χ1v) is 8.39. The van der Waals surface area contributed by atoms with E-state index in [0.29, 0.717) is 6.61 Å². The topological polar surface area (TPSA) is 29.5 Å². The molecule has 0 bridgehead atoms. The molecular formula is C17H22O2Se. The van der Waals surface area contributed by atoms with Gasteiger partial charge in [0.1, 0.15) is 0 Å². The predicted octanol–water partition coefficient (Wildman–Crippen LogP) is 2.30. The fourth-order valence-corrected chi connectivity index (χ4v) is 3.08. The Morgan fingerprint density at radius 2 is 2.00 bits per heavy atom. The van der Waals surface area contributed by atoms with Crippen molar-refractivity contribution in [2.45, 2.75) is 33.8 Å². The molecule has 0 heterocycles. The first kappa shape index (κ1) is 16.9. The zero-order valence-electron chi connectivity index (χ0n) is 12.5. The van der Waals surface area contributed by atoms with Crippen molar-refractivity contribution in [3.63, 3.8) is 0 Å². The normalized spacial score (nSPS) is 13.3. The molecule has 0 aliphatic heterocycles. The Labute approximate surface area is 128 Å². The molecule has 108 valence electrons. The molecule has 0 aromatic heterocycles. The molecule has 0 saturated carbocycles. The standard InChI is InChI=1S/C17H22O2Se/c1-5-19-13-16(15(18)11-12-17(2,3)4)20-14-9-7-6-8-10-14/h6-10,13,15,18H,5H2,1-4H3/b16-13-. The molecule has 1 atom stereocenters. The first-order chi connectivity index (χ1) is 9.42. The zero-order valence-corrected chi connectivity index (χ0v) is 14.2. The summed E-state index contributed by atoms with van der Waals surface area (Å²) < 4.78 is 7.39. The van der Waals surface area contributed by atoms with Crippen molar-refractivity contribution >= 4 is 19.4 Å². The number of rotatable bonds is 5. The Kier molecular flexibility index (Phi) is 6.88. The Balaban J connectivity index is 2.86. The van der Waals surface area contributed by atoms with Gasteiger partial charge in [-0.3, -0.25) is 0 Å². The van der Waals surface area contributed by atoms with E-state index < -0.39 is 6.10 Å². The SMILES string of the molecule is CCO/C=C(\[Se]c1ccccc1)C(O)C#CC(C)(C)C. The van der Waals surface area contributed by atoms with Crippen molar-refractivity contribution in [2.75, 3.05) is 6.61 Å². The van der Waals surface area contributed by atoms with E-state index in [1.807, 2.05) is 45.9 Å². The molecule has 0 aliphatic rings. The molecule has 2 nitrogen and oxygen atoms in total. The van der Waals surface area contributed by atoms with Crippen LogP contribution in [-0.2, 0) is 4.74 Å². The Morgan fingerprint density at radius 3 is 2.55 bits per heavy atom. The molecule has 1 aromatic carbocycles. The van der Waals surface area contributed by atoms with E-state index in [1.54, 1.807) is 6.26 Å². The van der Waals surface area contributed by atoms with Gasteiger partial charge >= 0.3 is 128 Å². The molecule has 1 unspecified atom stereocenters. The van der Waals surface area contributed by atoms with Gasteiger partial charge in [0, 0.05) is 0 Å². The Bertz CT molecular complexity index is 489. The minimum absolute atomic E-state index is 0.0163. The second-order valence-corrected chi connectivity index (χ2v) is 7.72. The van der Waals surface area contributed by atoms with Gasteiger partial charge in [0.15, 0.2) is 0 Å². The van der Waals surface area contributed by atoms with Crippen LogP contribution in [0.25, 0.3) is 0 Å². The van der Waals surface area contributed by atoms with Crippen LogP contribution < -0.4 is 4.46 Å². The number of benzene rings is 1. The number of ether oxygens (including phenoxy) is 1. The van der Waals surface area contributed by atoms with Crippen LogP contribution in [0.4, 0.5) is 0 Å². The summed E-state index contributed by atoms with van der Waals surface area (Å²) in [4.78, 5) is 0. The zero-order chi connectivity index (χ0) is 15.0. The predicted molar refractivity (Wildman–Crippen MR) is 84.8 cm³/mol. The van der Waals surface area contributed by atoms with Gasteiger partial charge in [-0.1, -0.05) is 0 Å². The van der Waals surface area contributed by atoms with Gasteiger partial charge < -0.3 is 0 Å². The average molecular weight is 337 g/mol. The van der Waals surface area contributed by atoms with Crippen LogP contribution in [0.15, 0.2) is 41.1 Å². The summed E-state index contributed by atoms with van der Waals surface area (Å²) >= 11 is 0.0163. The maximum absolute atomic E-state index is 10.3. The van der Waals surface area contributed by atoms with Crippen molar-refractivity contribution in [1.29, 1.82) is 0 Å². The van der Waals surface area contributed by atoms with Crippen LogP contribution in [0.3, 0.4) is 0 Å². The van der Waals surface area contributed by atoms with Crippen LogP contribution in [0.5, 0.6) is 0 Å². The van der Waals surface area contributed by atoms with Gasteiger partial charge in [0.25, 0.3) is 0 Å². The fraction of sp³-hybridized carbons (Fsp3) is 0.412. The second kappa shape index (κ2) is 8.17. The van der Waals surface area contributed by atoms with Crippen molar-refractivity contribution in [2.24, 2.45) is 5.41 Å². The van der Waals surface area contributed by atoms with E-state index in [1.165, 1.54) is 4.46 Å². The van der Waals surface area contributed by atoms with Crippen LogP contribution in [0.1, 0.15) is 27.7 Å². The molecule has 0 radical (unpaired) electrons. The van der Waals surface area contributed by atoms with Crippen molar-refractivity contribution in [3.05, 3.63) is 41.1 Å². The van der Waals surface area contributed by atoms with Crippen LogP contribution >= 0.6 is 0 Å².